The maximum absolute atomic E-state index is 10.7. The summed E-state index contributed by atoms with van der Waals surface area (Å²) in [5.74, 6) is 0. The molecule has 2 nitrogen and oxygen atoms in total. The molecule has 1 rings (SSSR count). The number of benzene rings is 1. The molecule has 13 heavy (non-hydrogen) atoms. The lowest BCUT2D eigenvalue weighted by molar-refractivity contribution is 0.112. The molecule has 0 amide bonds. The zero-order chi connectivity index (χ0) is 9.68. The summed E-state index contributed by atoms with van der Waals surface area (Å²) in [7, 11) is 1.84. The SMILES string of the molecule is C=CCc1c(C=O)cccc1NC. The second-order valence-electron chi connectivity index (χ2n) is 2.73. The van der Waals surface area contributed by atoms with Gasteiger partial charge in [-0.2, -0.15) is 0 Å². The summed E-state index contributed by atoms with van der Waals surface area (Å²) in [6, 6.07) is 5.63. The van der Waals surface area contributed by atoms with Gasteiger partial charge in [-0.15, -0.1) is 6.58 Å². The van der Waals surface area contributed by atoms with Crippen molar-refractivity contribution >= 4 is 12.0 Å². The number of allylic oxidation sites excluding steroid dienone is 1. The molecule has 68 valence electrons. The zero-order valence-electron chi connectivity index (χ0n) is 7.71. The Morgan fingerprint density at radius 3 is 2.85 bits per heavy atom. The van der Waals surface area contributed by atoms with Crippen LogP contribution in [0.4, 0.5) is 5.69 Å². The van der Waals surface area contributed by atoms with Crippen molar-refractivity contribution in [3.8, 4) is 0 Å². The van der Waals surface area contributed by atoms with E-state index in [1.165, 1.54) is 0 Å². The van der Waals surface area contributed by atoms with E-state index in [-0.39, 0.29) is 0 Å². The van der Waals surface area contributed by atoms with E-state index < -0.39 is 0 Å². The van der Waals surface area contributed by atoms with Crippen LogP contribution in [-0.2, 0) is 6.42 Å². The average Bonchev–Trinajstić information content (AvgIpc) is 2.18. The van der Waals surface area contributed by atoms with Crippen LogP contribution in [0.2, 0.25) is 0 Å². The minimum atomic E-state index is 0.713. The number of rotatable bonds is 4. The smallest absolute Gasteiger partial charge is 0.150 e. The molecule has 0 saturated carbocycles. The highest BCUT2D eigenvalue weighted by atomic mass is 16.1. The molecule has 0 heterocycles. The maximum Gasteiger partial charge on any atom is 0.150 e. The van der Waals surface area contributed by atoms with Gasteiger partial charge in [0.25, 0.3) is 0 Å². The fraction of sp³-hybridized carbons (Fsp3) is 0.182. The van der Waals surface area contributed by atoms with E-state index in [9.17, 15) is 4.79 Å². The van der Waals surface area contributed by atoms with Gasteiger partial charge in [0, 0.05) is 18.3 Å². The third kappa shape index (κ3) is 1.96. The van der Waals surface area contributed by atoms with E-state index >= 15 is 0 Å². The number of aldehydes is 1. The van der Waals surface area contributed by atoms with Crippen LogP contribution >= 0.6 is 0 Å². The van der Waals surface area contributed by atoms with Gasteiger partial charge >= 0.3 is 0 Å². The van der Waals surface area contributed by atoms with Crippen LogP contribution in [0, 0.1) is 0 Å². The Kier molecular flexibility index (Phi) is 3.26. The first-order chi connectivity index (χ1) is 6.33. The quantitative estimate of drug-likeness (QED) is 0.561. The maximum atomic E-state index is 10.7. The van der Waals surface area contributed by atoms with E-state index in [0.717, 1.165) is 23.1 Å². The summed E-state index contributed by atoms with van der Waals surface area (Å²) in [5.41, 5.74) is 2.73. The van der Waals surface area contributed by atoms with E-state index in [1.54, 1.807) is 6.08 Å². The lowest BCUT2D eigenvalue weighted by Crippen LogP contribution is -1.98. The van der Waals surface area contributed by atoms with Crippen LogP contribution in [0.3, 0.4) is 0 Å². The molecule has 0 atom stereocenters. The van der Waals surface area contributed by atoms with Crippen LogP contribution in [0.25, 0.3) is 0 Å². The third-order valence-electron chi connectivity index (χ3n) is 1.96. The molecule has 0 saturated heterocycles. The Hall–Kier alpha value is -1.57. The minimum absolute atomic E-state index is 0.713. The molecule has 0 bridgehead atoms. The number of anilines is 1. The molecule has 1 aromatic carbocycles. The van der Waals surface area contributed by atoms with Crippen molar-refractivity contribution in [2.75, 3.05) is 12.4 Å². The average molecular weight is 175 g/mol. The fourth-order valence-electron chi connectivity index (χ4n) is 1.32. The van der Waals surface area contributed by atoms with E-state index in [1.807, 2.05) is 25.2 Å². The lowest BCUT2D eigenvalue weighted by atomic mass is 10.0. The molecule has 0 fully saturated rings. The van der Waals surface area contributed by atoms with E-state index in [4.69, 9.17) is 0 Å². The monoisotopic (exact) mass is 175 g/mol. The van der Waals surface area contributed by atoms with Crippen LogP contribution in [0.1, 0.15) is 15.9 Å². The number of nitrogens with one attached hydrogen (secondary N) is 1. The molecule has 0 unspecified atom stereocenters. The van der Waals surface area contributed by atoms with Crippen molar-refractivity contribution in [1.82, 2.24) is 0 Å². The van der Waals surface area contributed by atoms with Gasteiger partial charge in [-0.3, -0.25) is 4.79 Å². The molecular formula is C11H13NO. The van der Waals surface area contributed by atoms with Crippen molar-refractivity contribution in [3.05, 3.63) is 42.0 Å². The lowest BCUT2D eigenvalue weighted by Gasteiger charge is -2.08. The topological polar surface area (TPSA) is 29.1 Å². The molecule has 0 aliphatic carbocycles. The van der Waals surface area contributed by atoms with Gasteiger partial charge in [0.2, 0.25) is 0 Å². The largest absolute Gasteiger partial charge is 0.388 e. The van der Waals surface area contributed by atoms with Crippen molar-refractivity contribution in [3.63, 3.8) is 0 Å². The van der Waals surface area contributed by atoms with Crippen molar-refractivity contribution in [2.45, 2.75) is 6.42 Å². The number of carbonyl (C=O) groups is 1. The van der Waals surface area contributed by atoms with E-state index in [0.29, 0.717) is 6.42 Å². The molecule has 1 N–H and O–H groups in total. The van der Waals surface area contributed by atoms with Gasteiger partial charge in [0.15, 0.2) is 0 Å². The second-order valence-corrected chi connectivity index (χ2v) is 2.73. The van der Waals surface area contributed by atoms with Gasteiger partial charge in [0.05, 0.1) is 0 Å². The number of carbonyl (C=O) groups excluding carboxylic acids is 1. The van der Waals surface area contributed by atoms with Crippen LogP contribution in [-0.4, -0.2) is 13.3 Å². The van der Waals surface area contributed by atoms with Gasteiger partial charge < -0.3 is 5.32 Å². The molecule has 1 aromatic rings. The summed E-state index contributed by atoms with van der Waals surface area (Å²) in [4.78, 5) is 10.7. The zero-order valence-corrected chi connectivity index (χ0v) is 7.71. The standard InChI is InChI=1S/C11H13NO/c1-3-5-10-9(8-13)6-4-7-11(10)12-2/h3-4,6-8,12H,1,5H2,2H3. The summed E-state index contributed by atoms with van der Waals surface area (Å²) in [6.45, 7) is 3.66. The predicted octanol–water partition coefficient (Wildman–Crippen LogP) is 2.27. The van der Waals surface area contributed by atoms with Crippen molar-refractivity contribution < 1.29 is 4.79 Å². The fourth-order valence-corrected chi connectivity index (χ4v) is 1.32. The molecule has 0 aromatic heterocycles. The molecule has 0 radical (unpaired) electrons. The highest BCUT2D eigenvalue weighted by molar-refractivity contribution is 5.81. The predicted molar refractivity (Wildman–Crippen MR) is 55.3 cm³/mol. The van der Waals surface area contributed by atoms with Crippen molar-refractivity contribution in [1.29, 1.82) is 0 Å². The Morgan fingerprint density at radius 2 is 2.31 bits per heavy atom. The van der Waals surface area contributed by atoms with Crippen molar-refractivity contribution in [2.24, 2.45) is 0 Å². The van der Waals surface area contributed by atoms with Crippen LogP contribution < -0.4 is 5.32 Å². The Bertz CT molecular complexity index is 318. The summed E-state index contributed by atoms with van der Waals surface area (Å²) >= 11 is 0. The Balaban J connectivity index is 3.20. The third-order valence-corrected chi connectivity index (χ3v) is 1.96. The van der Waals surface area contributed by atoms with E-state index in [2.05, 4.69) is 11.9 Å². The molecule has 0 aliphatic rings. The number of hydrogen-bond donors (Lipinski definition) is 1. The van der Waals surface area contributed by atoms with Gasteiger partial charge in [0.1, 0.15) is 6.29 Å². The van der Waals surface area contributed by atoms with Gasteiger partial charge in [-0.05, 0) is 18.1 Å². The normalized spacial score (nSPS) is 9.31. The summed E-state index contributed by atoms with van der Waals surface area (Å²) in [6.07, 6.45) is 3.38. The Labute approximate surface area is 78.3 Å². The van der Waals surface area contributed by atoms with Gasteiger partial charge in [-0.25, -0.2) is 0 Å². The molecule has 0 aliphatic heterocycles. The first-order valence-electron chi connectivity index (χ1n) is 4.19. The van der Waals surface area contributed by atoms with Crippen LogP contribution in [0.15, 0.2) is 30.9 Å². The van der Waals surface area contributed by atoms with Gasteiger partial charge in [-0.1, -0.05) is 18.2 Å². The first kappa shape index (κ1) is 9.52. The summed E-state index contributed by atoms with van der Waals surface area (Å²) in [5, 5.41) is 3.05. The Morgan fingerprint density at radius 1 is 1.54 bits per heavy atom. The minimum Gasteiger partial charge on any atom is -0.388 e. The molecule has 2 heteroatoms. The molecule has 0 spiro atoms. The second kappa shape index (κ2) is 4.45. The summed E-state index contributed by atoms with van der Waals surface area (Å²) < 4.78 is 0. The molecular weight excluding hydrogens is 162 g/mol. The highest BCUT2D eigenvalue weighted by Crippen LogP contribution is 2.19. The van der Waals surface area contributed by atoms with Crippen LogP contribution in [0.5, 0.6) is 0 Å². The number of hydrogen-bond acceptors (Lipinski definition) is 2. The first-order valence-corrected chi connectivity index (χ1v) is 4.19. The highest BCUT2D eigenvalue weighted by Gasteiger charge is 2.03.